The van der Waals surface area contributed by atoms with E-state index in [1.807, 2.05) is 25.4 Å². The molecule has 6 heteroatoms. The lowest BCUT2D eigenvalue weighted by Crippen LogP contribution is -2.47. The summed E-state index contributed by atoms with van der Waals surface area (Å²) < 4.78 is 5.07. The third-order valence-corrected chi connectivity index (χ3v) is 4.93. The van der Waals surface area contributed by atoms with Crippen molar-refractivity contribution in [3.63, 3.8) is 0 Å². The fourth-order valence-electron chi connectivity index (χ4n) is 2.31. The molecule has 21 heavy (non-hydrogen) atoms. The Labute approximate surface area is 131 Å². The Hall–Kier alpha value is -1.43. The molecule has 0 aromatic carbocycles. The molecule has 0 aliphatic carbocycles. The van der Waals surface area contributed by atoms with Gasteiger partial charge < -0.3 is 15.0 Å². The number of pyridine rings is 1. The second kappa shape index (κ2) is 8.12. The second-order valence-corrected chi connectivity index (χ2v) is 6.36. The molecule has 116 valence electrons. The Morgan fingerprint density at radius 1 is 1.57 bits per heavy atom. The SMILES string of the molecule is CCC1CN(C(=NC)NCc2ccc(OC)nc2)CCS1. The number of methoxy groups -OCH3 is 1. The van der Waals surface area contributed by atoms with Crippen LogP contribution in [0.3, 0.4) is 0 Å². The summed E-state index contributed by atoms with van der Waals surface area (Å²) in [4.78, 5) is 11.0. The maximum absolute atomic E-state index is 5.07. The van der Waals surface area contributed by atoms with Gasteiger partial charge in [0.2, 0.25) is 5.88 Å². The average Bonchev–Trinajstić information content (AvgIpc) is 2.56. The highest BCUT2D eigenvalue weighted by molar-refractivity contribution is 8.00. The average molecular weight is 308 g/mol. The monoisotopic (exact) mass is 308 g/mol. The molecule has 2 rings (SSSR count). The summed E-state index contributed by atoms with van der Waals surface area (Å²) in [6.45, 7) is 5.11. The third-order valence-electron chi connectivity index (χ3n) is 3.56. The van der Waals surface area contributed by atoms with Crippen molar-refractivity contribution >= 4 is 17.7 Å². The Balaban J connectivity index is 1.90. The van der Waals surface area contributed by atoms with E-state index in [4.69, 9.17) is 4.74 Å². The molecular weight excluding hydrogens is 284 g/mol. The van der Waals surface area contributed by atoms with Crippen LogP contribution < -0.4 is 10.1 Å². The van der Waals surface area contributed by atoms with Gasteiger partial charge in [0.25, 0.3) is 0 Å². The molecule has 5 nitrogen and oxygen atoms in total. The quantitative estimate of drug-likeness (QED) is 0.681. The highest BCUT2D eigenvalue weighted by Crippen LogP contribution is 2.21. The first-order chi connectivity index (χ1) is 10.3. The van der Waals surface area contributed by atoms with E-state index in [-0.39, 0.29) is 0 Å². The first kappa shape index (κ1) is 15.9. The third kappa shape index (κ3) is 4.52. The Morgan fingerprint density at radius 2 is 2.43 bits per heavy atom. The van der Waals surface area contributed by atoms with Crippen molar-refractivity contribution in [1.82, 2.24) is 15.2 Å². The molecule has 0 spiro atoms. The van der Waals surface area contributed by atoms with E-state index in [0.29, 0.717) is 11.1 Å². The molecule has 0 radical (unpaired) electrons. The van der Waals surface area contributed by atoms with Crippen molar-refractivity contribution in [3.8, 4) is 5.88 Å². The van der Waals surface area contributed by atoms with Crippen molar-refractivity contribution in [2.45, 2.75) is 25.1 Å². The van der Waals surface area contributed by atoms with Crippen LogP contribution in [0.5, 0.6) is 5.88 Å². The summed E-state index contributed by atoms with van der Waals surface area (Å²) >= 11 is 2.07. The molecule has 0 amide bonds. The number of nitrogens with one attached hydrogen (secondary N) is 1. The van der Waals surface area contributed by atoms with Crippen molar-refractivity contribution in [2.24, 2.45) is 4.99 Å². The van der Waals surface area contributed by atoms with E-state index >= 15 is 0 Å². The van der Waals surface area contributed by atoms with Crippen LogP contribution in [0.25, 0.3) is 0 Å². The number of nitrogens with zero attached hydrogens (tertiary/aromatic N) is 3. The van der Waals surface area contributed by atoms with E-state index in [9.17, 15) is 0 Å². The number of rotatable bonds is 4. The molecule has 1 saturated heterocycles. The lowest BCUT2D eigenvalue weighted by Gasteiger charge is -2.34. The van der Waals surface area contributed by atoms with Gasteiger partial charge in [-0.1, -0.05) is 13.0 Å². The standard InChI is InChI=1S/C15H24N4OS/c1-4-13-11-19(7-8-21-13)15(16-2)18-10-12-5-6-14(20-3)17-9-12/h5-6,9,13H,4,7-8,10-11H2,1-3H3,(H,16,18). The molecule has 1 unspecified atom stereocenters. The molecule has 1 atom stereocenters. The van der Waals surface area contributed by atoms with Gasteiger partial charge in [0, 0.05) is 49.9 Å². The van der Waals surface area contributed by atoms with Gasteiger partial charge in [-0.3, -0.25) is 4.99 Å². The maximum atomic E-state index is 5.07. The molecule has 1 N–H and O–H groups in total. The molecule has 1 aliphatic rings. The van der Waals surface area contributed by atoms with Gasteiger partial charge >= 0.3 is 0 Å². The van der Waals surface area contributed by atoms with E-state index in [1.165, 1.54) is 12.2 Å². The summed E-state index contributed by atoms with van der Waals surface area (Å²) in [5.41, 5.74) is 1.12. The second-order valence-electron chi connectivity index (χ2n) is 4.96. The summed E-state index contributed by atoms with van der Waals surface area (Å²) in [5.74, 6) is 2.79. The van der Waals surface area contributed by atoms with Crippen molar-refractivity contribution < 1.29 is 4.74 Å². The normalized spacial score (nSPS) is 19.5. The summed E-state index contributed by atoms with van der Waals surface area (Å²) in [7, 11) is 3.47. The Morgan fingerprint density at radius 3 is 3.05 bits per heavy atom. The number of aromatic nitrogens is 1. The van der Waals surface area contributed by atoms with Gasteiger partial charge in [0.05, 0.1) is 7.11 Å². The van der Waals surface area contributed by atoms with E-state index < -0.39 is 0 Å². The highest BCUT2D eigenvalue weighted by atomic mass is 32.2. The largest absolute Gasteiger partial charge is 0.481 e. The van der Waals surface area contributed by atoms with Crippen LogP contribution in [0.15, 0.2) is 23.3 Å². The van der Waals surface area contributed by atoms with Crippen LogP contribution in [0.1, 0.15) is 18.9 Å². The van der Waals surface area contributed by atoms with Crippen LogP contribution in [0.4, 0.5) is 0 Å². The minimum atomic E-state index is 0.641. The predicted molar refractivity (Wildman–Crippen MR) is 89.1 cm³/mol. The zero-order valence-electron chi connectivity index (χ0n) is 13.0. The molecule has 1 fully saturated rings. The summed E-state index contributed by atoms with van der Waals surface area (Å²) in [6.07, 6.45) is 3.04. The van der Waals surface area contributed by atoms with Gasteiger partial charge in [0.1, 0.15) is 0 Å². The molecule has 1 aliphatic heterocycles. The number of aliphatic imine (C=N–C) groups is 1. The zero-order chi connectivity index (χ0) is 15.1. The number of hydrogen-bond donors (Lipinski definition) is 1. The van der Waals surface area contributed by atoms with Crippen molar-refractivity contribution in [1.29, 1.82) is 0 Å². The number of ether oxygens (including phenoxy) is 1. The lowest BCUT2D eigenvalue weighted by atomic mass is 10.3. The summed E-state index contributed by atoms with van der Waals surface area (Å²) in [6, 6.07) is 3.90. The van der Waals surface area contributed by atoms with Crippen LogP contribution in [-0.2, 0) is 6.54 Å². The van der Waals surface area contributed by atoms with Gasteiger partial charge in [-0.05, 0) is 12.0 Å². The molecule has 1 aromatic heterocycles. The first-order valence-electron chi connectivity index (χ1n) is 7.33. The van der Waals surface area contributed by atoms with Crippen molar-refractivity contribution in [2.75, 3.05) is 33.0 Å². The molecule has 0 bridgehead atoms. The smallest absolute Gasteiger partial charge is 0.212 e. The topological polar surface area (TPSA) is 49.8 Å². The van der Waals surface area contributed by atoms with Crippen LogP contribution in [-0.4, -0.2) is 54.1 Å². The molecule has 2 heterocycles. The van der Waals surface area contributed by atoms with Crippen LogP contribution >= 0.6 is 11.8 Å². The minimum absolute atomic E-state index is 0.641. The Bertz CT molecular complexity index is 463. The number of hydrogen-bond acceptors (Lipinski definition) is 4. The van der Waals surface area contributed by atoms with E-state index in [2.05, 4.69) is 38.9 Å². The van der Waals surface area contributed by atoms with Gasteiger partial charge in [-0.25, -0.2) is 4.98 Å². The fraction of sp³-hybridized carbons (Fsp3) is 0.600. The maximum Gasteiger partial charge on any atom is 0.212 e. The minimum Gasteiger partial charge on any atom is -0.481 e. The molecule has 1 aromatic rings. The van der Waals surface area contributed by atoms with E-state index in [0.717, 1.165) is 31.2 Å². The van der Waals surface area contributed by atoms with Crippen LogP contribution in [0.2, 0.25) is 0 Å². The number of guanidine groups is 1. The lowest BCUT2D eigenvalue weighted by molar-refractivity contribution is 0.397. The zero-order valence-corrected chi connectivity index (χ0v) is 13.8. The summed E-state index contributed by atoms with van der Waals surface area (Å²) in [5, 5.41) is 4.13. The highest BCUT2D eigenvalue weighted by Gasteiger charge is 2.21. The first-order valence-corrected chi connectivity index (χ1v) is 8.37. The van der Waals surface area contributed by atoms with Gasteiger partial charge in [-0.15, -0.1) is 0 Å². The van der Waals surface area contributed by atoms with E-state index in [1.54, 1.807) is 7.11 Å². The predicted octanol–water partition coefficient (Wildman–Crippen LogP) is 1.99. The van der Waals surface area contributed by atoms with Gasteiger partial charge in [-0.2, -0.15) is 11.8 Å². The molecular formula is C15H24N4OS. The molecule has 0 saturated carbocycles. The number of thioether (sulfide) groups is 1. The van der Waals surface area contributed by atoms with Crippen LogP contribution in [0, 0.1) is 0 Å². The fourth-order valence-corrected chi connectivity index (χ4v) is 3.49. The van der Waals surface area contributed by atoms with Gasteiger partial charge in [0.15, 0.2) is 5.96 Å². The Kier molecular flexibility index (Phi) is 6.17. The van der Waals surface area contributed by atoms with Crippen molar-refractivity contribution in [3.05, 3.63) is 23.9 Å².